The smallest absolute Gasteiger partial charge is 0.309 e. The highest BCUT2D eigenvalue weighted by molar-refractivity contribution is 5.95. The van der Waals surface area contributed by atoms with Gasteiger partial charge in [0.2, 0.25) is 0 Å². The van der Waals surface area contributed by atoms with Gasteiger partial charge in [0.05, 0.1) is 23.6 Å². The van der Waals surface area contributed by atoms with E-state index in [0.717, 1.165) is 19.3 Å². The van der Waals surface area contributed by atoms with Crippen molar-refractivity contribution in [2.75, 3.05) is 19.0 Å². The SMILES string of the molecule is COc1ccc([N+](=O)[O-])cc1NC(=O)COC(=O)C1C[C@H]2CCC[C@H](C1)C2=O. The van der Waals surface area contributed by atoms with Crippen LogP contribution < -0.4 is 10.1 Å². The van der Waals surface area contributed by atoms with Crippen LogP contribution in [-0.2, 0) is 19.1 Å². The molecule has 0 unspecified atom stereocenters. The molecule has 9 nitrogen and oxygen atoms in total. The van der Waals surface area contributed by atoms with Crippen LogP contribution >= 0.6 is 0 Å². The highest BCUT2D eigenvalue weighted by Gasteiger charge is 2.41. The number of benzene rings is 1. The highest BCUT2D eigenvalue weighted by Crippen LogP contribution is 2.40. The van der Waals surface area contributed by atoms with Crippen LogP contribution in [0.5, 0.6) is 5.75 Å². The lowest BCUT2D eigenvalue weighted by atomic mass is 9.67. The zero-order valence-corrected chi connectivity index (χ0v) is 15.5. The second kappa shape index (κ2) is 8.37. The second-order valence-electron chi connectivity index (χ2n) is 7.19. The molecule has 0 spiro atoms. The van der Waals surface area contributed by atoms with Gasteiger partial charge in [0.25, 0.3) is 11.6 Å². The Kier molecular flexibility index (Phi) is 5.91. The van der Waals surface area contributed by atoms with Gasteiger partial charge in [-0.25, -0.2) is 0 Å². The monoisotopic (exact) mass is 390 g/mol. The third-order valence-electron chi connectivity index (χ3n) is 5.39. The minimum atomic E-state index is -0.626. The maximum Gasteiger partial charge on any atom is 0.309 e. The number of hydrogen-bond donors (Lipinski definition) is 1. The largest absolute Gasteiger partial charge is 0.495 e. The van der Waals surface area contributed by atoms with Crippen molar-refractivity contribution in [1.29, 1.82) is 0 Å². The van der Waals surface area contributed by atoms with E-state index < -0.39 is 23.4 Å². The van der Waals surface area contributed by atoms with Crippen molar-refractivity contribution in [3.8, 4) is 5.75 Å². The number of methoxy groups -OCH3 is 1. The molecule has 1 aromatic carbocycles. The summed E-state index contributed by atoms with van der Waals surface area (Å²) < 4.78 is 10.2. The molecule has 0 aliphatic heterocycles. The molecule has 2 aliphatic rings. The second-order valence-corrected chi connectivity index (χ2v) is 7.19. The number of nitro benzene ring substituents is 1. The molecule has 0 aromatic heterocycles. The summed E-state index contributed by atoms with van der Waals surface area (Å²) in [6.45, 7) is -0.509. The average Bonchev–Trinajstić information content (AvgIpc) is 2.65. The topological polar surface area (TPSA) is 125 Å². The predicted molar refractivity (Wildman–Crippen MR) is 97.8 cm³/mol. The number of carbonyl (C=O) groups excluding carboxylic acids is 3. The van der Waals surface area contributed by atoms with Crippen LogP contribution in [-0.4, -0.2) is 36.3 Å². The van der Waals surface area contributed by atoms with Crippen LogP contribution in [0, 0.1) is 27.9 Å². The van der Waals surface area contributed by atoms with Gasteiger partial charge < -0.3 is 14.8 Å². The van der Waals surface area contributed by atoms with E-state index in [1.54, 1.807) is 0 Å². The minimum Gasteiger partial charge on any atom is -0.495 e. The normalized spacial score (nSPS) is 23.6. The van der Waals surface area contributed by atoms with Gasteiger partial charge in [-0.1, -0.05) is 6.42 Å². The van der Waals surface area contributed by atoms with E-state index in [-0.39, 0.29) is 40.7 Å². The molecule has 1 aromatic rings. The van der Waals surface area contributed by atoms with Crippen LogP contribution in [0.4, 0.5) is 11.4 Å². The van der Waals surface area contributed by atoms with Crippen molar-refractivity contribution >= 4 is 29.0 Å². The molecule has 28 heavy (non-hydrogen) atoms. The van der Waals surface area contributed by atoms with Crippen molar-refractivity contribution < 1.29 is 28.8 Å². The van der Waals surface area contributed by atoms with Gasteiger partial charge in [0.1, 0.15) is 11.5 Å². The first-order chi connectivity index (χ1) is 13.4. The number of ether oxygens (including phenoxy) is 2. The van der Waals surface area contributed by atoms with Gasteiger partial charge in [-0.3, -0.25) is 24.5 Å². The molecule has 0 saturated heterocycles. The number of ketones is 1. The van der Waals surface area contributed by atoms with E-state index in [0.29, 0.717) is 12.8 Å². The van der Waals surface area contributed by atoms with Crippen molar-refractivity contribution in [3.05, 3.63) is 28.3 Å². The van der Waals surface area contributed by atoms with Crippen LogP contribution in [0.1, 0.15) is 32.1 Å². The Morgan fingerprint density at radius 2 is 1.93 bits per heavy atom. The van der Waals surface area contributed by atoms with Gasteiger partial charge in [-0.15, -0.1) is 0 Å². The van der Waals surface area contributed by atoms with Gasteiger partial charge in [-0.2, -0.15) is 0 Å². The number of nitrogens with one attached hydrogen (secondary N) is 1. The zero-order valence-electron chi connectivity index (χ0n) is 15.5. The van der Waals surface area contributed by atoms with Gasteiger partial charge >= 0.3 is 5.97 Å². The maximum atomic E-state index is 12.3. The van der Waals surface area contributed by atoms with Crippen LogP contribution in [0.3, 0.4) is 0 Å². The van der Waals surface area contributed by atoms with Crippen molar-refractivity contribution in [2.45, 2.75) is 32.1 Å². The lowest BCUT2D eigenvalue weighted by Gasteiger charge is -2.36. The summed E-state index contributed by atoms with van der Waals surface area (Å²) in [5, 5.41) is 13.4. The van der Waals surface area contributed by atoms with Crippen molar-refractivity contribution in [2.24, 2.45) is 17.8 Å². The lowest BCUT2D eigenvalue weighted by Crippen LogP contribution is -2.40. The fourth-order valence-electron chi connectivity index (χ4n) is 4.02. The summed E-state index contributed by atoms with van der Waals surface area (Å²) in [6, 6.07) is 3.81. The number of Topliss-reactive ketones (excluding diaryl/α,β-unsaturated/α-hetero) is 1. The van der Waals surface area contributed by atoms with Crippen molar-refractivity contribution in [3.63, 3.8) is 0 Å². The fourth-order valence-corrected chi connectivity index (χ4v) is 4.02. The fraction of sp³-hybridized carbons (Fsp3) is 0.526. The number of nitrogens with zero attached hydrogens (tertiary/aromatic N) is 1. The Balaban J connectivity index is 1.56. The average molecular weight is 390 g/mol. The van der Waals surface area contributed by atoms with E-state index >= 15 is 0 Å². The van der Waals surface area contributed by atoms with Crippen molar-refractivity contribution in [1.82, 2.24) is 0 Å². The highest BCUT2D eigenvalue weighted by atomic mass is 16.6. The number of esters is 1. The van der Waals surface area contributed by atoms with Gasteiger partial charge in [0, 0.05) is 24.0 Å². The third-order valence-corrected chi connectivity index (χ3v) is 5.39. The van der Waals surface area contributed by atoms with Gasteiger partial charge in [0.15, 0.2) is 6.61 Å². The molecule has 150 valence electrons. The molecule has 3 rings (SSSR count). The van der Waals surface area contributed by atoms with E-state index in [9.17, 15) is 24.5 Å². The molecular weight excluding hydrogens is 368 g/mol. The Bertz CT molecular complexity index is 791. The summed E-state index contributed by atoms with van der Waals surface area (Å²) in [5.74, 6) is -1.12. The van der Waals surface area contributed by atoms with Crippen LogP contribution in [0.25, 0.3) is 0 Å². The lowest BCUT2D eigenvalue weighted by molar-refractivity contribution is -0.384. The number of hydrogen-bond acceptors (Lipinski definition) is 7. The summed E-state index contributed by atoms with van der Waals surface area (Å²) in [6.07, 6.45) is 3.59. The quantitative estimate of drug-likeness (QED) is 0.449. The number of non-ortho nitro benzene ring substituents is 1. The Morgan fingerprint density at radius 3 is 2.54 bits per heavy atom. The molecular formula is C19H22N2O7. The number of anilines is 1. The minimum absolute atomic E-state index is 0.0759. The predicted octanol–water partition coefficient (Wildman–Crippen LogP) is 2.48. The molecule has 2 bridgehead atoms. The number of rotatable bonds is 6. The Labute approximate surface area is 161 Å². The maximum absolute atomic E-state index is 12.3. The molecule has 1 N–H and O–H groups in total. The Morgan fingerprint density at radius 1 is 1.25 bits per heavy atom. The van der Waals surface area contributed by atoms with Gasteiger partial charge in [-0.05, 0) is 31.7 Å². The van der Waals surface area contributed by atoms with Crippen LogP contribution in [0.15, 0.2) is 18.2 Å². The molecule has 9 heteroatoms. The Hall–Kier alpha value is -2.97. The van der Waals surface area contributed by atoms with Crippen LogP contribution in [0.2, 0.25) is 0 Å². The number of carbonyl (C=O) groups is 3. The summed E-state index contributed by atoms with van der Waals surface area (Å²) in [4.78, 5) is 46.9. The molecule has 2 aliphatic carbocycles. The number of nitro groups is 1. The number of amides is 1. The number of fused-ring (bicyclic) bond motifs is 2. The summed E-state index contributed by atoms with van der Waals surface area (Å²) in [7, 11) is 1.37. The first kappa shape index (κ1) is 19.8. The van der Waals surface area contributed by atoms with E-state index in [1.165, 1.54) is 25.3 Å². The first-order valence-electron chi connectivity index (χ1n) is 9.21. The molecule has 2 atom stereocenters. The standard InChI is InChI=1S/C19H22N2O7/c1-27-16-6-5-14(21(25)26)9-15(16)20-17(22)10-28-19(24)13-7-11-3-2-4-12(8-13)18(11)23/h5-6,9,11-13H,2-4,7-8,10H2,1H3,(H,20,22)/t11-,12-/m1/s1. The van der Waals surface area contributed by atoms with E-state index in [4.69, 9.17) is 9.47 Å². The zero-order chi connectivity index (χ0) is 20.3. The molecule has 2 fully saturated rings. The van der Waals surface area contributed by atoms with E-state index in [2.05, 4.69) is 5.32 Å². The molecule has 0 heterocycles. The summed E-state index contributed by atoms with van der Waals surface area (Å²) >= 11 is 0. The third kappa shape index (κ3) is 4.29. The molecule has 1 amide bonds. The molecule has 0 radical (unpaired) electrons. The summed E-state index contributed by atoms with van der Waals surface area (Å²) in [5.41, 5.74) is -0.0814. The van der Waals surface area contributed by atoms with E-state index in [1.807, 2.05) is 0 Å². The molecule has 2 saturated carbocycles. The first-order valence-corrected chi connectivity index (χ1v) is 9.21.